The van der Waals surface area contributed by atoms with E-state index in [9.17, 15) is 4.79 Å². The Kier molecular flexibility index (Phi) is 6.07. The minimum atomic E-state index is 0.128. The van der Waals surface area contributed by atoms with Gasteiger partial charge in [0.25, 0.3) is 0 Å². The van der Waals surface area contributed by atoms with Gasteiger partial charge in [-0.1, -0.05) is 32.1 Å². The van der Waals surface area contributed by atoms with Crippen LogP contribution in [0, 0.1) is 24.7 Å². The molecule has 3 aromatic rings. The summed E-state index contributed by atoms with van der Waals surface area (Å²) in [5.41, 5.74) is 4.40. The Hall–Kier alpha value is -3.29. The Morgan fingerprint density at radius 1 is 1.18 bits per heavy atom. The largest absolute Gasteiger partial charge is 0.478 e. The van der Waals surface area contributed by atoms with E-state index in [1.54, 1.807) is 6.20 Å². The van der Waals surface area contributed by atoms with Gasteiger partial charge >= 0.3 is 0 Å². The Bertz CT molecular complexity index is 1110. The Labute approximate surface area is 193 Å². The van der Waals surface area contributed by atoms with E-state index in [1.807, 2.05) is 38.1 Å². The fourth-order valence-corrected chi connectivity index (χ4v) is 5.14. The van der Waals surface area contributed by atoms with Crippen molar-refractivity contribution in [2.24, 2.45) is 17.8 Å². The van der Waals surface area contributed by atoms with Gasteiger partial charge in [-0.25, -0.2) is 4.98 Å². The van der Waals surface area contributed by atoms with Gasteiger partial charge in [-0.15, -0.1) is 10.2 Å². The average Bonchev–Trinajstić information content (AvgIpc) is 3.47. The third-order valence-corrected chi connectivity index (χ3v) is 6.98. The van der Waals surface area contributed by atoms with Crippen LogP contribution in [0.15, 0.2) is 30.5 Å². The van der Waals surface area contributed by atoms with E-state index in [1.165, 1.54) is 32.1 Å². The van der Waals surface area contributed by atoms with Crippen LogP contribution in [0.5, 0.6) is 5.88 Å². The number of hydrogen-bond acceptors (Lipinski definition) is 6. The molecule has 5 rings (SSSR count). The van der Waals surface area contributed by atoms with Crippen LogP contribution in [-0.2, 0) is 4.79 Å². The van der Waals surface area contributed by atoms with Crippen LogP contribution in [0.2, 0.25) is 0 Å². The third-order valence-electron chi connectivity index (χ3n) is 6.98. The number of ether oxygens (including phenoxy) is 1. The standard InChI is InChI=1S/C25H30N6O2/c1-3-33-23-10-9-17(14-26-23)18-11-15(2)22(13-20(18)24-28-30-31-29-24)27-25(32)21-12-19(21)16-7-5-4-6-8-16/h9-11,13-14,16,19,21H,3-8,12H2,1-2H3,(H,27,32)(H,28,29,30,31). The number of pyridine rings is 1. The summed E-state index contributed by atoms with van der Waals surface area (Å²) in [5, 5.41) is 17.8. The highest BCUT2D eigenvalue weighted by molar-refractivity contribution is 5.97. The maximum absolute atomic E-state index is 13.0. The number of carbonyl (C=O) groups excluding carboxylic acids is 1. The van der Waals surface area contributed by atoms with Crippen LogP contribution < -0.4 is 10.1 Å². The van der Waals surface area contributed by atoms with Gasteiger partial charge in [0.2, 0.25) is 17.6 Å². The second kappa shape index (κ2) is 9.29. The van der Waals surface area contributed by atoms with Crippen molar-refractivity contribution in [3.8, 4) is 28.4 Å². The summed E-state index contributed by atoms with van der Waals surface area (Å²) < 4.78 is 5.47. The van der Waals surface area contributed by atoms with Crippen molar-refractivity contribution in [1.29, 1.82) is 0 Å². The first-order valence-corrected chi connectivity index (χ1v) is 11.9. The number of aromatic nitrogens is 5. The average molecular weight is 447 g/mol. The van der Waals surface area contributed by atoms with Crippen LogP contribution in [-0.4, -0.2) is 38.1 Å². The molecule has 2 saturated carbocycles. The molecule has 8 nitrogen and oxygen atoms in total. The lowest BCUT2D eigenvalue weighted by atomic mass is 9.85. The van der Waals surface area contributed by atoms with E-state index in [4.69, 9.17) is 4.74 Å². The SMILES string of the molecule is CCOc1ccc(-c2cc(C)c(NC(=O)C3CC3C3CCCCC3)cc2-c2nn[nH]n2)cn1. The molecule has 2 aliphatic carbocycles. The number of nitrogens with zero attached hydrogens (tertiary/aromatic N) is 4. The van der Waals surface area contributed by atoms with Crippen LogP contribution in [0.25, 0.3) is 22.5 Å². The van der Waals surface area contributed by atoms with Crippen molar-refractivity contribution in [3.63, 3.8) is 0 Å². The first kappa shape index (κ1) is 21.6. The van der Waals surface area contributed by atoms with Gasteiger partial charge in [0.05, 0.1) is 6.61 Å². The quantitative estimate of drug-likeness (QED) is 0.540. The van der Waals surface area contributed by atoms with Crippen molar-refractivity contribution in [3.05, 3.63) is 36.0 Å². The smallest absolute Gasteiger partial charge is 0.227 e. The molecular formula is C25H30N6O2. The van der Waals surface area contributed by atoms with Crippen LogP contribution in [0.3, 0.4) is 0 Å². The maximum Gasteiger partial charge on any atom is 0.227 e. The monoisotopic (exact) mass is 446 g/mol. The number of rotatable bonds is 7. The molecule has 1 aromatic carbocycles. The predicted molar refractivity (Wildman–Crippen MR) is 126 cm³/mol. The second-order valence-electron chi connectivity index (χ2n) is 9.16. The molecule has 172 valence electrons. The highest BCUT2D eigenvalue weighted by Gasteiger charge is 2.47. The number of carbonyl (C=O) groups is 1. The molecule has 2 N–H and O–H groups in total. The number of tetrazole rings is 1. The molecule has 0 spiro atoms. The van der Waals surface area contributed by atoms with Crippen molar-refractivity contribution in [1.82, 2.24) is 25.6 Å². The normalized spacial score (nSPS) is 20.4. The summed E-state index contributed by atoms with van der Waals surface area (Å²) in [6.45, 7) is 4.50. The molecule has 2 heterocycles. The van der Waals surface area contributed by atoms with Crippen LogP contribution in [0.1, 0.15) is 51.0 Å². The number of benzene rings is 1. The predicted octanol–water partition coefficient (Wildman–Crippen LogP) is 4.79. The number of H-pyrrole nitrogens is 1. The van der Waals surface area contributed by atoms with Gasteiger partial charge in [0.1, 0.15) is 0 Å². The van der Waals surface area contributed by atoms with Gasteiger partial charge in [-0.05, 0) is 66.6 Å². The molecule has 2 unspecified atom stereocenters. The van der Waals surface area contributed by atoms with E-state index in [-0.39, 0.29) is 11.8 Å². The van der Waals surface area contributed by atoms with Gasteiger partial charge < -0.3 is 10.1 Å². The molecule has 8 heteroatoms. The lowest BCUT2D eigenvalue weighted by Crippen LogP contribution is -2.18. The molecule has 2 aliphatic rings. The zero-order valence-corrected chi connectivity index (χ0v) is 19.2. The minimum Gasteiger partial charge on any atom is -0.478 e. The van der Waals surface area contributed by atoms with Crippen molar-refractivity contribution in [2.45, 2.75) is 52.4 Å². The number of hydrogen-bond donors (Lipinski definition) is 2. The topological polar surface area (TPSA) is 106 Å². The molecule has 2 fully saturated rings. The van der Waals surface area contributed by atoms with Gasteiger partial charge in [-0.2, -0.15) is 5.21 Å². The number of anilines is 1. The number of aromatic amines is 1. The van der Waals surface area contributed by atoms with Crippen molar-refractivity contribution >= 4 is 11.6 Å². The Morgan fingerprint density at radius 3 is 2.73 bits per heavy atom. The lowest BCUT2D eigenvalue weighted by Gasteiger charge is -2.21. The summed E-state index contributed by atoms with van der Waals surface area (Å²) in [7, 11) is 0. The van der Waals surface area contributed by atoms with Gasteiger partial charge in [0, 0.05) is 35.0 Å². The van der Waals surface area contributed by atoms with E-state index in [2.05, 4.69) is 30.9 Å². The first-order valence-electron chi connectivity index (χ1n) is 11.9. The first-order chi connectivity index (χ1) is 16.1. The van der Waals surface area contributed by atoms with E-state index >= 15 is 0 Å². The second-order valence-corrected chi connectivity index (χ2v) is 9.16. The Morgan fingerprint density at radius 2 is 2.03 bits per heavy atom. The molecule has 1 amide bonds. The maximum atomic E-state index is 13.0. The molecule has 2 aromatic heterocycles. The van der Waals surface area contributed by atoms with E-state index < -0.39 is 0 Å². The highest BCUT2D eigenvalue weighted by Crippen LogP contribution is 2.50. The fourth-order valence-electron chi connectivity index (χ4n) is 5.14. The summed E-state index contributed by atoms with van der Waals surface area (Å²) in [6, 6.07) is 7.81. The molecule has 0 saturated heterocycles. The molecular weight excluding hydrogens is 416 g/mol. The summed E-state index contributed by atoms with van der Waals surface area (Å²) >= 11 is 0. The minimum absolute atomic E-state index is 0.128. The van der Waals surface area contributed by atoms with E-state index in [0.29, 0.717) is 24.2 Å². The molecule has 2 atom stereocenters. The number of nitrogens with one attached hydrogen (secondary N) is 2. The summed E-state index contributed by atoms with van der Waals surface area (Å²) in [5.74, 6) is 2.59. The van der Waals surface area contributed by atoms with Crippen molar-refractivity contribution < 1.29 is 9.53 Å². The molecule has 0 radical (unpaired) electrons. The highest BCUT2D eigenvalue weighted by atomic mass is 16.5. The van der Waals surface area contributed by atoms with Gasteiger partial charge in [-0.3, -0.25) is 4.79 Å². The Balaban J connectivity index is 1.40. The molecule has 33 heavy (non-hydrogen) atoms. The lowest BCUT2D eigenvalue weighted by molar-refractivity contribution is -0.117. The number of amides is 1. The number of aryl methyl sites for hydroxylation is 1. The van der Waals surface area contributed by atoms with E-state index in [0.717, 1.165) is 40.3 Å². The molecule has 0 aliphatic heterocycles. The van der Waals surface area contributed by atoms with Crippen LogP contribution in [0.4, 0.5) is 5.69 Å². The summed E-state index contributed by atoms with van der Waals surface area (Å²) in [4.78, 5) is 17.4. The van der Waals surface area contributed by atoms with Crippen molar-refractivity contribution in [2.75, 3.05) is 11.9 Å². The summed E-state index contributed by atoms with van der Waals surface area (Å²) in [6.07, 6.45) is 9.31. The molecule has 0 bridgehead atoms. The zero-order valence-electron chi connectivity index (χ0n) is 19.2. The third kappa shape index (κ3) is 4.60. The fraction of sp³-hybridized carbons (Fsp3) is 0.480. The zero-order chi connectivity index (χ0) is 22.8. The van der Waals surface area contributed by atoms with Crippen LogP contribution >= 0.6 is 0 Å². The van der Waals surface area contributed by atoms with Gasteiger partial charge in [0.15, 0.2) is 0 Å².